The van der Waals surface area contributed by atoms with Crippen LogP contribution in [0.2, 0.25) is 0 Å². The average Bonchev–Trinajstić information content (AvgIpc) is 3.21. The lowest BCUT2D eigenvalue weighted by atomic mass is 9.91. The monoisotopic (exact) mass is 308 g/mol. The van der Waals surface area contributed by atoms with Crippen molar-refractivity contribution in [3.8, 4) is 11.3 Å². The Morgan fingerprint density at radius 2 is 1.54 bits per heavy atom. The number of fused-ring (bicyclic) bond motifs is 1. The molecule has 1 aromatic heterocycles. The Labute approximate surface area is 139 Å². The van der Waals surface area contributed by atoms with Gasteiger partial charge in [0, 0.05) is 17.8 Å². The van der Waals surface area contributed by atoms with E-state index in [1.807, 2.05) is 0 Å². The standard InChI is InChI=1S/C22H16N2/c1-3-14-6-7-16-8-10-18(20-13-17-5-2-12-24(17)23-20)19-11-9-15(4-1)21(14)22(16)19/h1,3-4,6-11,13H,2,5,12H2. The summed E-state index contributed by atoms with van der Waals surface area (Å²) in [6.07, 6.45) is 2.37. The van der Waals surface area contributed by atoms with Gasteiger partial charge in [-0.15, -0.1) is 0 Å². The SMILES string of the molecule is c1cc2ccc3ccc(-c4cc5n(n4)CCC5)c4ccc(c1)c2c34. The number of rotatable bonds is 1. The highest BCUT2D eigenvalue weighted by Crippen LogP contribution is 2.39. The Morgan fingerprint density at radius 3 is 2.38 bits per heavy atom. The smallest absolute Gasteiger partial charge is 0.0932 e. The molecule has 0 unspecified atom stereocenters. The van der Waals surface area contributed by atoms with Crippen LogP contribution in [0.4, 0.5) is 0 Å². The molecule has 0 fully saturated rings. The molecule has 2 heterocycles. The Bertz CT molecular complexity index is 1190. The topological polar surface area (TPSA) is 17.8 Å². The van der Waals surface area contributed by atoms with Gasteiger partial charge >= 0.3 is 0 Å². The number of hydrogen-bond donors (Lipinski definition) is 0. The normalized spacial score (nSPS) is 14.2. The maximum Gasteiger partial charge on any atom is 0.0932 e. The van der Waals surface area contributed by atoms with Crippen LogP contribution in [0.15, 0.2) is 60.7 Å². The van der Waals surface area contributed by atoms with Crippen molar-refractivity contribution in [2.45, 2.75) is 19.4 Å². The summed E-state index contributed by atoms with van der Waals surface area (Å²) in [7, 11) is 0. The lowest BCUT2D eigenvalue weighted by molar-refractivity contribution is 0.659. The van der Waals surface area contributed by atoms with E-state index in [1.54, 1.807) is 0 Å². The Morgan fingerprint density at radius 1 is 0.792 bits per heavy atom. The first-order chi connectivity index (χ1) is 11.9. The third kappa shape index (κ3) is 1.53. The first kappa shape index (κ1) is 12.5. The molecule has 4 aromatic carbocycles. The van der Waals surface area contributed by atoms with E-state index >= 15 is 0 Å². The summed E-state index contributed by atoms with van der Waals surface area (Å²) < 4.78 is 2.17. The number of aryl methyl sites for hydroxylation is 2. The third-order valence-electron chi connectivity index (χ3n) is 5.47. The zero-order valence-electron chi connectivity index (χ0n) is 13.3. The molecule has 0 N–H and O–H groups in total. The first-order valence-electron chi connectivity index (χ1n) is 8.62. The van der Waals surface area contributed by atoms with Crippen LogP contribution in [0.5, 0.6) is 0 Å². The second-order valence-corrected chi connectivity index (χ2v) is 6.82. The van der Waals surface area contributed by atoms with Crippen molar-refractivity contribution in [2.24, 2.45) is 0 Å². The molecular formula is C22H16N2. The van der Waals surface area contributed by atoms with E-state index in [4.69, 9.17) is 5.10 Å². The minimum Gasteiger partial charge on any atom is -0.269 e. The van der Waals surface area contributed by atoms with Gasteiger partial charge in [0.2, 0.25) is 0 Å². The number of aromatic nitrogens is 2. The van der Waals surface area contributed by atoms with Crippen LogP contribution in [-0.4, -0.2) is 9.78 Å². The summed E-state index contributed by atoms with van der Waals surface area (Å²) in [6, 6.07) is 22.3. The zero-order chi connectivity index (χ0) is 15.7. The van der Waals surface area contributed by atoms with Crippen LogP contribution in [-0.2, 0) is 13.0 Å². The van der Waals surface area contributed by atoms with Crippen molar-refractivity contribution >= 4 is 32.3 Å². The fourth-order valence-corrected chi connectivity index (χ4v) is 4.35. The molecule has 0 bridgehead atoms. The van der Waals surface area contributed by atoms with E-state index < -0.39 is 0 Å². The Hall–Kier alpha value is -2.87. The summed E-state index contributed by atoms with van der Waals surface area (Å²) in [5, 5.41) is 12.9. The van der Waals surface area contributed by atoms with Gasteiger partial charge in [0.15, 0.2) is 0 Å². The van der Waals surface area contributed by atoms with Gasteiger partial charge in [-0.2, -0.15) is 5.10 Å². The van der Waals surface area contributed by atoms with Crippen LogP contribution in [0.3, 0.4) is 0 Å². The van der Waals surface area contributed by atoms with Gasteiger partial charge in [-0.3, -0.25) is 4.68 Å². The van der Waals surface area contributed by atoms with Gasteiger partial charge in [0.25, 0.3) is 0 Å². The second kappa shape index (κ2) is 4.35. The van der Waals surface area contributed by atoms with Crippen molar-refractivity contribution in [3.05, 3.63) is 66.4 Å². The van der Waals surface area contributed by atoms with Crippen molar-refractivity contribution in [3.63, 3.8) is 0 Å². The van der Waals surface area contributed by atoms with Crippen molar-refractivity contribution in [1.29, 1.82) is 0 Å². The molecule has 2 heteroatoms. The predicted octanol–water partition coefficient (Wildman–Crippen LogP) is 5.39. The van der Waals surface area contributed by atoms with Gasteiger partial charge in [-0.05, 0) is 51.2 Å². The van der Waals surface area contributed by atoms with Gasteiger partial charge in [-0.25, -0.2) is 0 Å². The minimum atomic E-state index is 1.06. The van der Waals surface area contributed by atoms with E-state index in [1.165, 1.54) is 50.0 Å². The summed E-state index contributed by atoms with van der Waals surface area (Å²) in [6.45, 7) is 1.06. The summed E-state index contributed by atoms with van der Waals surface area (Å²) in [5.74, 6) is 0. The molecule has 0 aliphatic carbocycles. The molecule has 1 aliphatic heterocycles. The van der Waals surface area contributed by atoms with Gasteiger partial charge in [-0.1, -0.05) is 54.6 Å². The highest BCUT2D eigenvalue weighted by atomic mass is 15.3. The fraction of sp³-hybridized carbons (Fsp3) is 0.136. The molecule has 6 rings (SSSR count). The maximum absolute atomic E-state index is 4.86. The largest absolute Gasteiger partial charge is 0.269 e. The van der Waals surface area contributed by atoms with E-state index in [0.29, 0.717) is 0 Å². The zero-order valence-corrected chi connectivity index (χ0v) is 13.3. The highest BCUT2D eigenvalue weighted by Gasteiger charge is 2.17. The Balaban J connectivity index is 1.75. The lowest BCUT2D eigenvalue weighted by Crippen LogP contribution is -1.94. The summed E-state index contributed by atoms with van der Waals surface area (Å²) in [5.41, 5.74) is 3.74. The van der Waals surface area contributed by atoms with E-state index in [9.17, 15) is 0 Å². The number of hydrogen-bond acceptors (Lipinski definition) is 1. The number of benzene rings is 4. The van der Waals surface area contributed by atoms with Crippen LogP contribution in [0.25, 0.3) is 43.6 Å². The highest BCUT2D eigenvalue weighted by molar-refractivity contribution is 6.25. The van der Waals surface area contributed by atoms with Crippen molar-refractivity contribution < 1.29 is 0 Å². The number of nitrogens with zero attached hydrogens (tertiary/aromatic N) is 2. The van der Waals surface area contributed by atoms with Crippen LogP contribution in [0, 0.1) is 0 Å². The van der Waals surface area contributed by atoms with Crippen molar-refractivity contribution in [2.75, 3.05) is 0 Å². The Kier molecular flexibility index (Phi) is 2.28. The minimum absolute atomic E-state index is 1.06. The van der Waals surface area contributed by atoms with E-state index in [-0.39, 0.29) is 0 Å². The molecule has 0 saturated carbocycles. The fourth-order valence-electron chi connectivity index (χ4n) is 4.35. The second-order valence-electron chi connectivity index (χ2n) is 6.82. The molecule has 0 atom stereocenters. The molecule has 5 aromatic rings. The molecule has 114 valence electrons. The molecule has 2 nitrogen and oxygen atoms in total. The summed E-state index contributed by atoms with van der Waals surface area (Å²) >= 11 is 0. The van der Waals surface area contributed by atoms with Crippen LogP contribution in [0.1, 0.15) is 12.1 Å². The molecule has 0 radical (unpaired) electrons. The molecule has 24 heavy (non-hydrogen) atoms. The third-order valence-corrected chi connectivity index (χ3v) is 5.47. The molecular weight excluding hydrogens is 292 g/mol. The van der Waals surface area contributed by atoms with Crippen LogP contribution >= 0.6 is 0 Å². The van der Waals surface area contributed by atoms with Gasteiger partial charge in [0.05, 0.1) is 5.69 Å². The quantitative estimate of drug-likeness (QED) is 0.379. The molecule has 0 amide bonds. The summed E-state index contributed by atoms with van der Waals surface area (Å²) in [4.78, 5) is 0. The van der Waals surface area contributed by atoms with E-state index in [0.717, 1.165) is 18.7 Å². The maximum atomic E-state index is 4.86. The van der Waals surface area contributed by atoms with Crippen LogP contribution < -0.4 is 0 Å². The molecule has 0 spiro atoms. The lowest BCUT2D eigenvalue weighted by Gasteiger charge is -2.13. The predicted molar refractivity (Wildman–Crippen MR) is 99.7 cm³/mol. The molecule has 1 aliphatic rings. The van der Waals surface area contributed by atoms with Gasteiger partial charge in [0.1, 0.15) is 0 Å². The average molecular weight is 308 g/mol. The molecule has 0 saturated heterocycles. The first-order valence-corrected chi connectivity index (χ1v) is 8.62. The van der Waals surface area contributed by atoms with Gasteiger partial charge < -0.3 is 0 Å². The van der Waals surface area contributed by atoms with E-state index in [2.05, 4.69) is 65.3 Å². The van der Waals surface area contributed by atoms with Crippen molar-refractivity contribution in [1.82, 2.24) is 9.78 Å².